The van der Waals surface area contributed by atoms with Gasteiger partial charge in [0.25, 0.3) is 0 Å². The summed E-state index contributed by atoms with van der Waals surface area (Å²) in [5, 5.41) is 8.71. The Balaban J connectivity index is 0.00000169. The summed E-state index contributed by atoms with van der Waals surface area (Å²) >= 11 is 0. The van der Waals surface area contributed by atoms with Crippen molar-refractivity contribution in [3.8, 4) is 0 Å². The van der Waals surface area contributed by atoms with Crippen molar-refractivity contribution in [2.24, 2.45) is 0 Å². The molecule has 0 saturated carbocycles. The molecule has 1 rings (SSSR count). The van der Waals surface area contributed by atoms with Crippen LogP contribution >= 0.6 is 0 Å². The van der Waals surface area contributed by atoms with Gasteiger partial charge in [0, 0.05) is 0 Å². The molecule has 0 radical (unpaired) electrons. The molecule has 1 aromatic rings. The summed E-state index contributed by atoms with van der Waals surface area (Å²) < 4.78 is 4.56. The zero-order chi connectivity index (χ0) is 9.84. The number of hydrogen-bond acceptors (Lipinski definition) is 3. The number of carbonyl (C=O) groups excluding carboxylic acids is 1. The van der Waals surface area contributed by atoms with Crippen LogP contribution in [0.4, 0.5) is 0 Å². The first kappa shape index (κ1) is 14.0. The maximum atomic E-state index is 11.1. The molecule has 0 saturated heterocycles. The van der Waals surface area contributed by atoms with Crippen LogP contribution in [0.3, 0.4) is 0 Å². The van der Waals surface area contributed by atoms with Gasteiger partial charge in [-0.05, 0) is 12.1 Å². The minimum atomic E-state index is -1.12. The Kier molecular flexibility index (Phi) is 6.49. The van der Waals surface area contributed by atoms with Crippen molar-refractivity contribution in [3.63, 3.8) is 0 Å². The summed E-state index contributed by atoms with van der Waals surface area (Å²) in [6.07, 6.45) is 0. The maximum absolute atomic E-state index is 11.1. The van der Waals surface area contributed by atoms with Crippen LogP contribution in [-0.4, -0.2) is 78.9 Å². The summed E-state index contributed by atoms with van der Waals surface area (Å²) in [5.41, 5.74) is 0.0772. The van der Waals surface area contributed by atoms with E-state index in [4.69, 9.17) is 5.11 Å². The Hall–Kier alpha value is 0.0132. The van der Waals surface area contributed by atoms with Crippen LogP contribution in [0.1, 0.15) is 20.7 Å². The molecule has 70 valence electrons. The fraction of sp³-hybridized carbons (Fsp3) is 0. The number of carboxylic acid groups (broad SMARTS) is 1. The molecule has 6 heteroatoms. The number of benzene rings is 1. The molecule has 1 N–H and O–H groups in total. The zero-order valence-electron chi connectivity index (χ0n) is 6.98. The van der Waals surface area contributed by atoms with Crippen molar-refractivity contribution < 1.29 is 19.1 Å². The molecule has 0 fully saturated rings. The van der Waals surface area contributed by atoms with Crippen molar-refractivity contribution in [1.29, 1.82) is 0 Å². The second-order valence-electron chi connectivity index (χ2n) is 2.34. The van der Waals surface area contributed by atoms with Gasteiger partial charge in [0.15, 0.2) is 0 Å². The summed E-state index contributed by atoms with van der Waals surface area (Å²) in [7, 11) is 0.259. The second-order valence-corrected chi connectivity index (χ2v) is 2.75. The molecule has 0 aliphatic heterocycles. The van der Waals surface area contributed by atoms with E-state index < -0.39 is 11.9 Å². The Morgan fingerprint density at radius 2 is 1.71 bits per heavy atom. The van der Waals surface area contributed by atoms with Crippen LogP contribution in [0, 0.1) is 0 Å². The summed E-state index contributed by atoms with van der Waals surface area (Å²) in [4.78, 5) is 21.7. The van der Waals surface area contributed by atoms with E-state index in [1.165, 1.54) is 12.1 Å². The van der Waals surface area contributed by atoms with E-state index in [2.05, 4.69) is 4.43 Å². The van der Waals surface area contributed by atoms with Crippen LogP contribution in [-0.2, 0) is 4.43 Å². The normalized spacial score (nSPS) is 8.86. The molecule has 1 aromatic carbocycles. The van der Waals surface area contributed by atoms with Crippen LogP contribution in [0.25, 0.3) is 0 Å². The molecule has 0 aliphatic rings. The SMILES string of the molecule is O=C(O)c1ccccc1C(=O)O[SiH3].[KH]. The standard InChI is InChI=1S/C8H8O4Si.K.H/c9-7(10)5-3-1-2-4-6(5)8(11)12-13;;/h1-4H,13H3,(H,9,10);;. The average Bonchev–Trinajstić information content (AvgIpc) is 2.16. The predicted octanol–water partition coefficient (Wildman–Crippen LogP) is -0.827. The van der Waals surface area contributed by atoms with Crippen molar-refractivity contribution in [2.45, 2.75) is 0 Å². The van der Waals surface area contributed by atoms with E-state index in [1.54, 1.807) is 12.1 Å². The van der Waals surface area contributed by atoms with E-state index in [9.17, 15) is 9.59 Å². The first-order valence-corrected chi connectivity index (χ1v) is 4.39. The molecule has 0 aromatic heterocycles. The first-order valence-electron chi connectivity index (χ1n) is 3.57. The van der Waals surface area contributed by atoms with Crippen molar-refractivity contribution in [1.82, 2.24) is 0 Å². The third-order valence-electron chi connectivity index (χ3n) is 1.56. The third kappa shape index (κ3) is 3.30. The molecular weight excluding hydrogens is 227 g/mol. The molecule has 0 aliphatic carbocycles. The Labute approximate surface area is 127 Å². The third-order valence-corrected chi connectivity index (χ3v) is 1.93. The van der Waals surface area contributed by atoms with Gasteiger partial charge in [0.1, 0.15) is 0 Å². The first-order chi connectivity index (χ1) is 6.16. The fourth-order valence-electron chi connectivity index (χ4n) is 0.958. The van der Waals surface area contributed by atoms with E-state index >= 15 is 0 Å². The molecule has 0 atom stereocenters. The van der Waals surface area contributed by atoms with E-state index in [1.807, 2.05) is 0 Å². The van der Waals surface area contributed by atoms with Gasteiger partial charge in [-0.3, -0.25) is 0 Å². The van der Waals surface area contributed by atoms with Crippen molar-refractivity contribution >= 4 is 73.8 Å². The monoisotopic (exact) mass is 236 g/mol. The Morgan fingerprint density at radius 3 is 2.14 bits per heavy atom. The van der Waals surface area contributed by atoms with Crippen LogP contribution in [0.15, 0.2) is 24.3 Å². The van der Waals surface area contributed by atoms with Gasteiger partial charge < -0.3 is 9.53 Å². The number of carboxylic acids is 1. The molecule has 0 spiro atoms. The predicted molar refractivity (Wildman–Crippen MR) is 55.9 cm³/mol. The van der Waals surface area contributed by atoms with Crippen molar-refractivity contribution in [3.05, 3.63) is 35.4 Å². The van der Waals surface area contributed by atoms with Crippen LogP contribution in [0.5, 0.6) is 0 Å². The Bertz CT molecular complexity index is 353. The van der Waals surface area contributed by atoms with E-state index in [0.29, 0.717) is 0 Å². The number of carbonyl (C=O) groups is 2. The topological polar surface area (TPSA) is 63.6 Å². The van der Waals surface area contributed by atoms with Gasteiger partial charge in [0.2, 0.25) is 10.5 Å². The molecule has 0 bridgehead atoms. The van der Waals surface area contributed by atoms with Gasteiger partial charge in [-0.1, -0.05) is 12.1 Å². The summed E-state index contributed by atoms with van der Waals surface area (Å²) in [5.74, 6) is -1.70. The zero-order valence-corrected chi connectivity index (χ0v) is 8.98. The second kappa shape index (κ2) is 6.49. The average molecular weight is 236 g/mol. The molecule has 0 amide bonds. The number of hydrogen-bond donors (Lipinski definition) is 1. The fourth-order valence-corrected chi connectivity index (χ4v) is 1.18. The molecular formula is C8H9KO4Si. The van der Waals surface area contributed by atoms with Gasteiger partial charge in [-0.2, -0.15) is 0 Å². The van der Waals surface area contributed by atoms with Gasteiger partial charge >= 0.3 is 63.3 Å². The van der Waals surface area contributed by atoms with Gasteiger partial charge in [-0.15, -0.1) is 0 Å². The summed E-state index contributed by atoms with van der Waals surface area (Å²) in [6.45, 7) is 0. The molecule has 4 nitrogen and oxygen atoms in total. The summed E-state index contributed by atoms with van der Waals surface area (Å²) in [6, 6.07) is 5.97. The van der Waals surface area contributed by atoms with Gasteiger partial charge in [-0.25, -0.2) is 9.59 Å². The van der Waals surface area contributed by atoms with Crippen molar-refractivity contribution in [2.75, 3.05) is 0 Å². The van der Waals surface area contributed by atoms with Crippen LogP contribution in [0.2, 0.25) is 0 Å². The number of aromatic carboxylic acids is 1. The minimum absolute atomic E-state index is 0. The molecule has 0 heterocycles. The molecule has 0 unspecified atom stereocenters. The van der Waals surface area contributed by atoms with Gasteiger partial charge in [0.05, 0.1) is 11.1 Å². The quantitative estimate of drug-likeness (QED) is 0.681. The van der Waals surface area contributed by atoms with E-state index in [0.717, 1.165) is 0 Å². The Morgan fingerprint density at radius 1 is 1.21 bits per heavy atom. The number of rotatable bonds is 2. The van der Waals surface area contributed by atoms with Crippen LogP contribution < -0.4 is 0 Å². The van der Waals surface area contributed by atoms with E-state index in [-0.39, 0.29) is 73.0 Å². The molecule has 14 heavy (non-hydrogen) atoms.